The third-order valence-electron chi connectivity index (χ3n) is 3.83. The van der Waals surface area contributed by atoms with Crippen LogP contribution >= 0.6 is 15.9 Å². The Labute approximate surface area is 171 Å². The third-order valence-corrected chi connectivity index (χ3v) is 4.52. The fourth-order valence-electron chi connectivity index (χ4n) is 2.39. The number of nitrogens with zero attached hydrogens (tertiary/aromatic N) is 2. The second-order valence-electron chi connectivity index (χ2n) is 5.73. The third kappa shape index (κ3) is 5.17. The highest BCUT2D eigenvalue weighted by Gasteiger charge is 2.10. The van der Waals surface area contributed by atoms with Crippen molar-refractivity contribution in [1.29, 1.82) is 0 Å². The van der Waals surface area contributed by atoms with Crippen molar-refractivity contribution in [3.63, 3.8) is 0 Å². The highest BCUT2D eigenvalue weighted by Crippen LogP contribution is 2.33. The van der Waals surface area contributed by atoms with Crippen molar-refractivity contribution in [2.24, 2.45) is 5.10 Å². The predicted octanol–water partition coefficient (Wildman–Crippen LogP) is 4.20. The minimum atomic E-state index is -0.315. The molecule has 142 valence electrons. The molecule has 1 N–H and O–H groups in total. The summed E-state index contributed by atoms with van der Waals surface area (Å²) in [4.78, 5) is 15.9. The first-order valence-corrected chi connectivity index (χ1v) is 9.24. The number of carbonyl (C=O) groups is 1. The molecule has 0 aliphatic carbocycles. The Morgan fingerprint density at radius 2 is 1.89 bits per heavy atom. The molecule has 1 amide bonds. The summed E-state index contributed by atoms with van der Waals surface area (Å²) in [7, 11) is 1.57. The molecule has 7 heteroatoms. The maximum absolute atomic E-state index is 12.0. The summed E-state index contributed by atoms with van der Waals surface area (Å²) < 4.78 is 12.1. The molecule has 0 bridgehead atoms. The molecule has 3 aromatic rings. The van der Waals surface area contributed by atoms with Gasteiger partial charge in [-0.1, -0.05) is 30.3 Å². The molecule has 2 aromatic carbocycles. The molecule has 28 heavy (non-hydrogen) atoms. The largest absolute Gasteiger partial charge is 0.493 e. The zero-order valence-electron chi connectivity index (χ0n) is 15.1. The number of hydrogen-bond donors (Lipinski definition) is 1. The molecule has 0 unspecified atom stereocenters. The van der Waals surface area contributed by atoms with E-state index in [1.165, 1.54) is 6.21 Å². The van der Waals surface area contributed by atoms with Crippen molar-refractivity contribution in [1.82, 2.24) is 10.4 Å². The van der Waals surface area contributed by atoms with Crippen LogP contribution in [0.15, 0.2) is 76.6 Å². The number of hydrazone groups is 1. The molecule has 1 aromatic heterocycles. The molecule has 0 saturated carbocycles. The van der Waals surface area contributed by atoms with E-state index >= 15 is 0 Å². The number of pyridine rings is 1. The molecule has 0 atom stereocenters. The number of nitrogens with one attached hydrogen (secondary N) is 1. The van der Waals surface area contributed by atoms with Gasteiger partial charge in [-0.3, -0.25) is 9.78 Å². The summed E-state index contributed by atoms with van der Waals surface area (Å²) in [6, 6.07) is 16.7. The first-order valence-electron chi connectivity index (χ1n) is 8.45. The van der Waals surface area contributed by atoms with E-state index in [4.69, 9.17) is 9.47 Å². The summed E-state index contributed by atoms with van der Waals surface area (Å²) in [5.41, 5.74) is 4.76. The summed E-state index contributed by atoms with van der Waals surface area (Å²) in [5.74, 6) is 0.863. The van der Waals surface area contributed by atoms with Crippen LogP contribution in [0.3, 0.4) is 0 Å². The Morgan fingerprint density at radius 1 is 1.14 bits per heavy atom. The summed E-state index contributed by atoms with van der Waals surface area (Å²) in [6.45, 7) is 0.430. The number of rotatable bonds is 7. The zero-order valence-corrected chi connectivity index (χ0v) is 16.7. The van der Waals surface area contributed by atoms with Gasteiger partial charge in [0, 0.05) is 28.0 Å². The van der Waals surface area contributed by atoms with Crippen LogP contribution in [0.1, 0.15) is 21.5 Å². The Hall–Kier alpha value is -3.19. The first kappa shape index (κ1) is 19.6. The number of methoxy groups -OCH3 is 1. The number of carbonyl (C=O) groups excluding carboxylic acids is 1. The zero-order chi connectivity index (χ0) is 19.8. The second kappa shape index (κ2) is 9.66. The van der Waals surface area contributed by atoms with Crippen LogP contribution in [0.5, 0.6) is 11.5 Å². The molecule has 0 saturated heterocycles. The minimum Gasteiger partial charge on any atom is -0.493 e. The number of aromatic nitrogens is 1. The van der Waals surface area contributed by atoms with Crippen LogP contribution in [0.4, 0.5) is 0 Å². The van der Waals surface area contributed by atoms with Crippen molar-refractivity contribution in [2.45, 2.75) is 6.61 Å². The Kier molecular flexibility index (Phi) is 6.75. The maximum Gasteiger partial charge on any atom is 0.271 e. The first-order chi connectivity index (χ1) is 13.7. The van der Waals surface area contributed by atoms with Gasteiger partial charge in [0.05, 0.1) is 13.3 Å². The van der Waals surface area contributed by atoms with Gasteiger partial charge in [-0.25, -0.2) is 5.43 Å². The van der Waals surface area contributed by atoms with E-state index < -0.39 is 0 Å². The van der Waals surface area contributed by atoms with Gasteiger partial charge in [-0.2, -0.15) is 5.10 Å². The lowest BCUT2D eigenvalue weighted by Gasteiger charge is -2.12. The number of ether oxygens (including phenoxy) is 2. The Morgan fingerprint density at radius 3 is 2.61 bits per heavy atom. The monoisotopic (exact) mass is 439 g/mol. The Bertz CT molecular complexity index is 963. The van der Waals surface area contributed by atoms with Crippen molar-refractivity contribution in [3.05, 3.63) is 88.2 Å². The van der Waals surface area contributed by atoms with Gasteiger partial charge in [0.1, 0.15) is 6.61 Å². The lowest BCUT2D eigenvalue weighted by molar-refractivity contribution is 0.0955. The van der Waals surface area contributed by atoms with Crippen LogP contribution in [0.2, 0.25) is 0 Å². The summed E-state index contributed by atoms with van der Waals surface area (Å²) in [6.07, 6.45) is 4.63. The van der Waals surface area contributed by atoms with Gasteiger partial charge >= 0.3 is 0 Å². The SMILES string of the molecule is COc1cc(C=NNC(=O)c2ccncc2)c(Br)cc1OCc1ccccc1. The number of hydrogen-bond acceptors (Lipinski definition) is 5. The average Bonchev–Trinajstić information content (AvgIpc) is 2.74. The van der Waals surface area contributed by atoms with Crippen molar-refractivity contribution in [3.8, 4) is 11.5 Å². The minimum absolute atomic E-state index is 0.315. The fourth-order valence-corrected chi connectivity index (χ4v) is 2.81. The molecule has 6 nitrogen and oxygen atoms in total. The summed E-state index contributed by atoms with van der Waals surface area (Å²) in [5, 5.41) is 4.01. The fraction of sp³-hybridized carbons (Fsp3) is 0.0952. The smallest absolute Gasteiger partial charge is 0.271 e. The molecule has 1 heterocycles. The molecule has 0 spiro atoms. The molecule has 0 radical (unpaired) electrons. The Balaban J connectivity index is 1.69. The highest BCUT2D eigenvalue weighted by molar-refractivity contribution is 9.10. The molecular weight excluding hydrogens is 422 g/mol. The predicted molar refractivity (Wildman–Crippen MR) is 111 cm³/mol. The van der Waals surface area contributed by atoms with E-state index in [2.05, 4.69) is 31.4 Å². The normalized spacial score (nSPS) is 10.6. The van der Waals surface area contributed by atoms with Gasteiger partial charge in [0.15, 0.2) is 11.5 Å². The lowest BCUT2D eigenvalue weighted by Crippen LogP contribution is -2.17. The maximum atomic E-state index is 12.0. The van der Waals surface area contributed by atoms with Crippen molar-refractivity contribution < 1.29 is 14.3 Å². The van der Waals surface area contributed by atoms with E-state index in [0.29, 0.717) is 23.7 Å². The van der Waals surface area contributed by atoms with Gasteiger partial charge in [0.25, 0.3) is 5.91 Å². The average molecular weight is 440 g/mol. The number of amides is 1. The van der Waals surface area contributed by atoms with Crippen LogP contribution in [0, 0.1) is 0 Å². The molecular formula is C21H18BrN3O3. The lowest BCUT2D eigenvalue weighted by atomic mass is 10.2. The topological polar surface area (TPSA) is 72.8 Å². The van der Waals surface area contributed by atoms with E-state index in [1.807, 2.05) is 36.4 Å². The van der Waals surface area contributed by atoms with E-state index in [-0.39, 0.29) is 5.91 Å². The summed E-state index contributed by atoms with van der Waals surface area (Å²) >= 11 is 3.50. The van der Waals surface area contributed by atoms with Gasteiger partial charge < -0.3 is 9.47 Å². The highest BCUT2D eigenvalue weighted by atomic mass is 79.9. The van der Waals surface area contributed by atoms with Gasteiger partial charge in [-0.15, -0.1) is 0 Å². The standard InChI is InChI=1S/C21H18BrN3O3/c1-27-19-11-17(13-24-25-21(26)16-7-9-23-10-8-16)18(22)12-20(19)28-14-15-5-3-2-4-6-15/h2-13H,14H2,1H3,(H,25,26). The van der Waals surface area contributed by atoms with Crippen LogP contribution in [-0.4, -0.2) is 24.2 Å². The van der Waals surface area contributed by atoms with Gasteiger partial charge in [-0.05, 0) is 45.8 Å². The number of benzene rings is 2. The van der Waals surface area contributed by atoms with E-state index in [1.54, 1.807) is 37.7 Å². The van der Waals surface area contributed by atoms with E-state index in [9.17, 15) is 4.79 Å². The second-order valence-corrected chi connectivity index (χ2v) is 6.59. The van der Waals surface area contributed by atoms with Crippen LogP contribution < -0.4 is 14.9 Å². The van der Waals surface area contributed by atoms with Crippen molar-refractivity contribution >= 4 is 28.1 Å². The molecule has 0 aliphatic heterocycles. The quantitative estimate of drug-likeness (QED) is 0.442. The van der Waals surface area contributed by atoms with E-state index in [0.717, 1.165) is 15.6 Å². The molecule has 0 fully saturated rings. The molecule has 3 rings (SSSR count). The molecule has 0 aliphatic rings. The number of halogens is 1. The van der Waals surface area contributed by atoms with Crippen molar-refractivity contribution in [2.75, 3.05) is 7.11 Å². The van der Waals surface area contributed by atoms with Crippen LogP contribution in [0.25, 0.3) is 0 Å². The van der Waals surface area contributed by atoms with Gasteiger partial charge in [0.2, 0.25) is 0 Å². The van der Waals surface area contributed by atoms with Crippen LogP contribution in [-0.2, 0) is 6.61 Å².